The molecule has 0 saturated carbocycles. The van der Waals surface area contributed by atoms with Crippen molar-refractivity contribution in [3.05, 3.63) is 69.5 Å². The highest BCUT2D eigenvalue weighted by molar-refractivity contribution is 5.35. The monoisotopic (exact) mass is 290 g/mol. The number of hydrogen-bond acceptors (Lipinski definition) is 4. The van der Waals surface area contributed by atoms with Gasteiger partial charge in [-0.1, -0.05) is 12.1 Å². The maximum atomic E-state index is 13.5. The van der Waals surface area contributed by atoms with Crippen molar-refractivity contribution < 1.29 is 14.1 Å². The van der Waals surface area contributed by atoms with Crippen molar-refractivity contribution >= 4 is 5.69 Å². The second kappa shape index (κ2) is 6.81. The second-order valence-electron chi connectivity index (χ2n) is 4.51. The normalized spacial score (nSPS) is 10.4. The van der Waals surface area contributed by atoms with E-state index >= 15 is 0 Å². The third-order valence-corrected chi connectivity index (χ3v) is 2.97. The van der Waals surface area contributed by atoms with Crippen molar-refractivity contribution in [3.8, 4) is 5.75 Å². The Morgan fingerprint density at radius 1 is 1.14 bits per heavy atom. The Morgan fingerprint density at radius 2 is 1.81 bits per heavy atom. The van der Waals surface area contributed by atoms with E-state index in [1.165, 1.54) is 6.07 Å². The largest absolute Gasteiger partial charge is 0.489 e. The fourth-order valence-electron chi connectivity index (χ4n) is 1.87. The summed E-state index contributed by atoms with van der Waals surface area (Å²) in [4.78, 5) is 9.77. The molecule has 0 bridgehead atoms. The Bertz CT molecular complexity index is 629. The van der Waals surface area contributed by atoms with Crippen LogP contribution in [0.4, 0.5) is 10.1 Å². The third-order valence-electron chi connectivity index (χ3n) is 2.97. The van der Waals surface area contributed by atoms with Crippen LogP contribution in [0.2, 0.25) is 0 Å². The van der Waals surface area contributed by atoms with E-state index in [1.807, 2.05) is 24.3 Å². The molecule has 0 unspecified atom stereocenters. The smallest absolute Gasteiger partial charge is 0.304 e. The Balaban J connectivity index is 1.99. The van der Waals surface area contributed by atoms with E-state index in [0.29, 0.717) is 17.9 Å². The molecule has 0 heterocycles. The number of nitrogens with two attached hydrogens (primary N) is 1. The van der Waals surface area contributed by atoms with E-state index in [0.717, 1.165) is 24.1 Å². The molecule has 110 valence electrons. The Morgan fingerprint density at radius 3 is 2.38 bits per heavy atom. The Labute approximate surface area is 121 Å². The topological polar surface area (TPSA) is 78.4 Å². The number of ether oxygens (including phenoxy) is 1. The third kappa shape index (κ3) is 4.00. The maximum absolute atomic E-state index is 13.5. The van der Waals surface area contributed by atoms with Crippen molar-refractivity contribution in [2.75, 3.05) is 6.54 Å². The van der Waals surface area contributed by atoms with Gasteiger partial charge in [0.2, 0.25) is 5.82 Å². The van der Waals surface area contributed by atoms with Gasteiger partial charge >= 0.3 is 5.69 Å². The van der Waals surface area contributed by atoms with Crippen LogP contribution in [0.15, 0.2) is 42.5 Å². The van der Waals surface area contributed by atoms with E-state index in [4.69, 9.17) is 10.5 Å². The van der Waals surface area contributed by atoms with Gasteiger partial charge in [-0.3, -0.25) is 10.1 Å². The van der Waals surface area contributed by atoms with E-state index in [9.17, 15) is 14.5 Å². The first-order valence-corrected chi connectivity index (χ1v) is 6.45. The zero-order valence-electron chi connectivity index (χ0n) is 11.3. The lowest BCUT2D eigenvalue weighted by atomic mass is 10.1. The van der Waals surface area contributed by atoms with Crippen LogP contribution in [-0.2, 0) is 13.0 Å². The predicted octanol–water partition coefficient (Wildman–Crippen LogP) is 2.81. The molecular weight excluding hydrogens is 275 g/mol. The molecule has 2 aromatic rings. The number of benzene rings is 2. The van der Waals surface area contributed by atoms with Gasteiger partial charge in [0.05, 0.1) is 4.92 Å². The highest BCUT2D eigenvalue weighted by atomic mass is 19.1. The van der Waals surface area contributed by atoms with Gasteiger partial charge in [-0.2, -0.15) is 4.39 Å². The van der Waals surface area contributed by atoms with Crippen molar-refractivity contribution in [2.45, 2.75) is 13.0 Å². The van der Waals surface area contributed by atoms with Crippen LogP contribution in [0, 0.1) is 15.9 Å². The number of rotatable bonds is 6. The van der Waals surface area contributed by atoms with Gasteiger partial charge < -0.3 is 10.5 Å². The van der Waals surface area contributed by atoms with Gasteiger partial charge in [0.15, 0.2) is 0 Å². The number of halogens is 1. The molecule has 0 radical (unpaired) electrons. The number of nitro groups is 1. The highest BCUT2D eigenvalue weighted by Gasteiger charge is 2.13. The highest BCUT2D eigenvalue weighted by Crippen LogP contribution is 2.20. The fraction of sp³-hybridized carbons (Fsp3) is 0.200. The van der Waals surface area contributed by atoms with Crippen molar-refractivity contribution in [1.82, 2.24) is 0 Å². The minimum atomic E-state index is -0.862. The summed E-state index contributed by atoms with van der Waals surface area (Å²) < 4.78 is 19.0. The van der Waals surface area contributed by atoms with Crippen LogP contribution in [0.1, 0.15) is 11.1 Å². The van der Waals surface area contributed by atoms with Gasteiger partial charge in [-0.25, -0.2) is 0 Å². The molecule has 0 aliphatic carbocycles. The van der Waals surface area contributed by atoms with Gasteiger partial charge in [0.25, 0.3) is 0 Å². The van der Waals surface area contributed by atoms with E-state index in [2.05, 4.69) is 0 Å². The SMILES string of the molecule is NCCc1ccc(OCc2ccc([N+](=O)[O-])c(F)c2)cc1. The number of hydrogen-bond donors (Lipinski definition) is 1. The van der Waals surface area contributed by atoms with Crippen LogP contribution in [0.5, 0.6) is 5.75 Å². The minimum absolute atomic E-state index is 0.144. The molecule has 5 nitrogen and oxygen atoms in total. The molecule has 0 aromatic heterocycles. The molecule has 2 N–H and O–H groups in total. The average Bonchev–Trinajstić information content (AvgIpc) is 2.46. The lowest BCUT2D eigenvalue weighted by Crippen LogP contribution is -2.02. The summed E-state index contributed by atoms with van der Waals surface area (Å²) in [5.74, 6) is -0.214. The van der Waals surface area contributed by atoms with Crippen LogP contribution in [0.3, 0.4) is 0 Å². The van der Waals surface area contributed by atoms with Gasteiger partial charge in [-0.05, 0) is 48.4 Å². The predicted molar refractivity (Wildman–Crippen MR) is 76.6 cm³/mol. The molecule has 0 aliphatic rings. The molecule has 0 amide bonds. The summed E-state index contributed by atoms with van der Waals surface area (Å²) in [5.41, 5.74) is 6.58. The van der Waals surface area contributed by atoms with Crippen molar-refractivity contribution in [1.29, 1.82) is 0 Å². The second-order valence-corrected chi connectivity index (χ2v) is 4.51. The van der Waals surface area contributed by atoms with Crippen LogP contribution in [-0.4, -0.2) is 11.5 Å². The standard InChI is InChI=1S/C15H15FN2O3/c16-14-9-12(3-6-15(14)18(19)20)10-21-13-4-1-11(2-5-13)7-8-17/h1-6,9H,7-8,10,17H2. The minimum Gasteiger partial charge on any atom is -0.489 e. The molecule has 2 rings (SSSR count). The first kappa shape index (κ1) is 14.9. The molecule has 0 fully saturated rings. The summed E-state index contributed by atoms with van der Waals surface area (Å²) in [5, 5.41) is 10.5. The zero-order valence-corrected chi connectivity index (χ0v) is 11.3. The van der Waals surface area contributed by atoms with Crippen LogP contribution < -0.4 is 10.5 Å². The van der Waals surface area contributed by atoms with Crippen LogP contribution in [0.25, 0.3) is 0 Å². The maximum Gasteiger partial charge on any atom is 0.304 e. The van der Waals surface area contributed by atoms with Gasteiger partial charge in [-0.15, -0.1) is 0 Å². The summed E-state index contributed by atoms with van der Waals surface area (Å²) in [6, 6.07) is 11.2. The number of nitrogens with zero attached hydrogens (tertiary/aromatic N) is 1. The van der Waals surface area contributed by atoms with E-state index in [-0.39, 0.29) is 6.61 Å². The summed E-state index contributed by atoms with van der Waals surface area (Å²) in [6.45, 7) is 0.730. The molecule has 21 heavy (non-hydrogen) atoms. The van der Waals surface area contributed by atoms with Crippen molar-refractivity contribution in [3.63, 3.8) is 0 Å². The van der Waals surface area contributed by atoms with Crippen LogP contribution >= 0.6 is 0 Å². The molecule has 6 heteroatoms. The molecule has 0 atom stereocenters. The molecular formula is C15H15FN2O3. The van der Waals surface area contributed by atoms with E-state index < -0.39 is 16.4 Å². The lowest BCUT2D eigenvalue weighted by molar-refractivity contribution is -0.387. The first-order valence-electron chi connectivity index (χ1n) is 6.45. The van der Waals surface area contributed by atoms with E-state index in [1.54, 1.807) is 0 Å². The zero-order chi connectivity index (χ0) is 15.2. The van der Waals surface area contributed by atoms with Crippen molar-refractivity contribution in [2.24, 2.45) is 5.73 Å². The fourth-order valence-corrected chi connectivity index (χ4v) is 1.87. The summed E-state index contributed by atoms with van der Waals surface area (Å²) >= 11 is 0. The Kier molecular flexibility index (Phi) is 4.84. The molecule has 0 saturated heterocycles. The molecule has 0 aliphatic heterocycles. The van der Waals surface area contributed by atoms with Gasteiger partial charge in [0, 0.05) is 6.07 Å². The van der Waals surface area contributed by atoms with Gasteiger partial charge in [0.1, 0.15) is 12.4 Å². The quantitative estimate of drug-likeness (QED) is 0.655. The molecule has 0 spiro atoms. The summed E-state index contributed by atoms with van der Waals surface area (Å²) in [6.07, 6.45) is 0.799. The first-order chi connectivity index (χ1) is 10.1. The number of nitro benzene ring substituents is 1. The lowest BCUT2D eigenvalue weighted by Gasteiger charge is -2.07. The summed E-state index contributed by atoms with van der Waals surface area (Å²) in [7, 11) is 0. The molecule has 2 aromatic carbocycles. The Hall–Kier alpha value is -2.47. The average molecular weight is 290 g/mol.